The van der Waals surface area contributed by atoms with Gasteiger partial charge in [-0.1, -0.05) is 19.1 Å². The van der Waals surface area contributed by atoms with E-state index >= 15 is 0 Å². The highest BCUT2D eigenvalue weighted by atomic mass is 16.6. The lowest BCUT2D eigenvalue weighted by molar-refractivity contribution is -0.384. The molecule has 0 aliphatic heterocycles. The van der Waals surface area contributed by atoms with Crippen LogP contribution in [0.25, 0.3) is 0 Å². The molecule has 5 N–H and O–H groups in total. The molecule has 1 aromatic rings. The van der Waals surface area contributed by atoms with Gasteiger partial charge in [0.15, 0.2) is 0 Å². The molecule has 0 amide bonds. The number of benzene rings is 1. The van der Waals surface area contributed by atoms with E-state index in [4.69, 9.17) is 11.5 Å². The van der Waals surface area contributed by atoms with Crippen LogP contribution in [0, 0.1) is 10.1 Å². The largest absolute Gasteiger partial charge is 0.328 e. The Balaban J connectivity index is 2.28. The Bertz CT molecular complexity index is 408. The van der Waals surface area contributed by atoms with Crippen LogP contribution in [0.4, 0.5) is 5.69 Å². The molecule has 0 aromatic heterocycles. The molecule has 0 spiro atoms. The summed E-state index contributed by atoms with van der Waals surface area (Å²) in [6.45, 7) is 3.65. The number of hydrogen-bond acceptors (Lipinski definition) is 5. The van der Waals surface area contributed by atoms with E-state index in [1.165, 1.54) is 12.1 Å². The van der Waals surface area contributed by atoms with Gasteiger partial charge in [0.05, 0.1) is 4.92 Å². The molecule has 0 fully saturated rings. The van der Waals surface area contributed by atoms with Crippen molar-refractivity contribution in [3.63, 3.8) is 0 Å². The maximum Gasteiger partial charge on any atom is 0.269 e. The lowest BCUT2D eigenvalue weighted by atomic mass is 10.1. The van der Waals surface area contributed by atoms with Gasteiger partial charge in [0, 0.05) is 30.8 Å². The molecule has 0 saturated carbocycles. The van der Waals surface area contributed by atoms with E-state index in [9.17, 15) is 10.1 Å². The molecule has 20 heavy (non-hydrogen) atoms. The van der Waals surface area contributed by atoms with Gasteiger partial charge in [0.2, 0.25) is 0 Å². The average molecular weight is 280 g/mol. The van der Waals surface area contributed by atoms with Crippen LogP contribution < -0.4 is 16.8 Å². The second-order valence-electron chi connectivity index (χ2n) is 5.05. The van der Waals surface area contributed by atoms with Crippen LogP contribution in [0.3, 0.4) is 0 Å². The van der Waals surface area contributed by atoms with Gasteiger partial charge in [-0.05, 0) is 31.4 Å². The fourth-order valence-corrected chi connectivity index (χ4v) is 1.91. The smallest absolute Gasteiger partial charge is 0.269 e. The number of rotatable bonds is 9. The first kappa shape index (κ1) is 16.6. The van der Waals surface area contributed by atoms with Crippen molar-refractivity contribution in [2.45, 2.75) is 38.3 Å². The van der Waals surface area contributed by atoms with Crippen LogP contribution >= 0.6 is 0 Å². The van der Waals surface area contributed by atoms with E-state index in [0.29, 0.717) is 13.0 Å². The predicted octanol–water partition coefficient (Wildman–Crippen LogP) is 1.18. The number of nitrogens with zero attached hydrogens (tertiary/aromatic N) is 1. The van der Waals surface area contributed by atoms with Crippen molar-refractivity contribution in [1.82, 2.24) is 5.32 Å². The van der Waals surface area contributed by atoms with Gasteiger partial charge in [-0.2, -0.15) is 0 Å². The summed E-state index contributed by atoms with van der Waals surface area (Å²) in [6, 6.07) is 6.77. The maximum absolute atomic E-state index is 10.5. The first-order valence-corrected chi connectivity index (χ1v) is 6.98. The van der Waals surface area contributed by atoms with Crippen molar-refractivity contribution in [2.75, 3.05) is 13.1 Å². The minimum atomic E-state index is -0.401. The number of non-ortho nitro benzene ring substituents is 1. The van der Waals surface area contributed by atoms with Crippen LogP contribution in [0.2, 0.25) is 0 Å². The molecular weight excluding hydrogens is 256 g/mol. The summed E-state index contributed by atoms with van der Waals surface area (Å²) < 4.78 is 0. The molecule has 6 nitrogen and oxygen atoms in total. The summed E-state index contributed by atoms with van der Waals surface area (Å²) in [5.41, 5.74) is 13.0. The highest BCUT2D eigenvalue weighted by molar-refractivity contribution is 5.33. The third-order valence-electron chi connectivity index (χ3n) is 3.27. The molecular formula is C14H24N4O2. The van der Waals surface area contributed by atoms with Gasteiger partial charge in [0.25, 0.3) is 5.69 Å². The molecule has 0 aliphatic carbocycles. The van der Waals surface area contributed by atoms with Gasteiger partial charge in [0.1, 0.15) is 0 Å². The van der Waals surface area contributed by atoms with Gasteiger partial charge in [-0.3, -0.25) is 10.1 Å². The standard InChI is InChI=1S/C14H24N4O2/c1-2-12(15)7-8-17-10-13(16)9-11-3-5-14(6-4-11)18(19)20/h3-6,12-13,17H,2,7-10,15-16H2,1H3. The molecule has 0 saturated heterocycles. The van der Waals surface area contributed by atoms with Crippen molar-refractivity contribution < 1.29 is 4.92 Å². The fourth-order valence-electron chi connectivity index (χ4n) is 1.91. The zero-order valence-electron chi connectivity index (χ0n) is 11.9. The fraction of sp³-hybridized carbons (Fsp3) is 0.571. The second kappa shape index (κ2) is 8.63. The molecule has 0 bridgehead atoms. The monoisotopic (exact) mass is 280 g/mol. The highest BCUT2D eigenvalue weighted by Crippen LogP contribution is 2.12. The summed E-state index contributed by atoms with van der Waals surface area (Å²) in [5, 5.41) is 13.8. The Morgan fingerprint density at radius 1 is 1.25 bits per heavy atom. The Labute approximate surface area is 119 Å². The molecule has 6 heteroatoms. The molecule has 112 valence electrons. The second-order valence-corrected chi connectivity index (χ2v) is 5.05. The van der Waals surface area contributed by atoms with Crippen molar-refractivity contribution in [1.29, 1.82) is 0 Å². The maximum atomic E-state index is 10.5. The number of nitro groups is 1. The average Bonchev–Trinajstić information content (AvgIpc) is 2.43. The van der Waals surface area contributed by atoms with Crippen molar-refractivity contribution >= 4 is 5.69 Å². The molecule has 0 radical (unpaired) electrons. The first-order valence-electron chi connectivity index (χ1n) is 6.98. The topological polar surface area (TPSA) is 107 Å². The quantitative estimate of drug-likeness (QED) is 0.358. The zero-order chi connectivity index (χ0) is 15.0. The highest BCUT2D eigenvalue weighted by Gasteiger charge is 2.07. The lowest BCUT2D eigenvalue weighted by Gasteiger charge is -2.14. The number of nitrogens with one attached hydrogen (secondary N) is 1. The molecule has 1 rings (SSSR count). The van der Waals surface area contributed by atoms with Crippen LogP contribution in [-0.2, 0) is 6.42 Å². The molecule has 1 aromatic carbocycles. The molecule has 0 heterocycles. The SMILES string of the molecule is CCC(N)CCNCC(N)Cc1ccc([N+](=O)[O-])cc1. The Hall–Kier alpha value is -1.50. The third kappa shape index (κ3) is 6.10. The Morgan fingerprint density at radius 3 is 2.45 bits per heavy atom. The zero-order valence-corrected chi connectivity index (χ0v) is 11.9. The Kier molecular flexibility index (Phi) is 7.14. The minimum Gasteiger partial charge on any atom is -0.328 e. The van der Waals surface area contributed by atoms with Gasteiger partial charge < -0.3 is 16.8 Å². The summed E-state index contributed by atoms with van der Waals surface area (Å²) >= 11 is 0. The summed E-state index contributed by atoms with van der Waals surface area (Å²) in [5.74, 6) is 0. The normalized spacial score (nSPS) is 13.9. The molecule has 2 unspecified atom stereocenters. The van der Waals surface area contributed by atoms with Crippen molar-refractivity contribution in [3.05, 3.63) is 39.9 Å². The first-order chi connectivity index (χ1) is 9.52. The lowest BCUT2D eigenvalue weighted by Crippen LogP contribution is -2.37. The van der Waals surface area contributed by atoms with Crippen LogP contribution in [-0.4, -0.2) is 30.1 Å². The third-order valence-corrected chi connectivity index (χ3v) is 3.27. The minimum absolute atomic E-state index is 0.00527. The van der Waals surface area contributed by atoms with E-state index in [1.54, 1.807) is 12.1 Å². The number of hydrogen-bond donors (Lipinski definition) is 3. The summed E-state index contributed by atoms with van der Waals surface area (Å²) in [4.78, 5) is 10.1. The van der Waals surface area contributed by atoms with Gasteiger partial charge in [-0.15, -0.1) is 0 Å². The van der Waals surface area contributed by atoms with E-state index in [-0.39, 0.29) is 17.8 Å². The Morgan fingerprint density at radius 2 is 1.90 bits per heavy atom. The number of nitro benzene ring substituents is 1. The van der Waals surface area contributed by atoms with E-state index in [0.717, 1.165) is 24.9 Å². The van der Waals surface area contributed by atoms with Gasteiger partial charge in [-0.25, -0.2) is 0 Å². The van der Waals surface area contributed by atoms with Crippen LogP contribution in [0.5, 0.6) is 0 Å². The van der Waals surface area contributed by atoms with Crippen LogP contribution in [0.15, 0.2) is 24.3 Å². The van der Waals surface area contributed by atoms with E-state index in [1.807, 2.05) is 0 Å². The molecule has 2 atom stereocenters. The number of nitrogens with two attached hydrogens (primary N) is 2. The molecule has 0 aliphatic rings. The summed E-state index contributed by atoms with van der Waals surface area (Å²) in [7, 11) is 0. The van der Waals surface area contributed by atoms with E-state index in [2.05, 4.69) is 12.2 Å². The van der Waals surface area contributed by atoms with Crippen molar-refractivity contribution in [2.24, 2.45) is 11.5 Å². The van der Waals surface area contributed by atoms with E-state index < -0.39 is 4.92 Å². The van der Waals surface area contributed by atoms with Crippen molar-refractivity contribution in [3.8, 4) is 0 Å². The van der Waals surface area contributed by atoms with Crippen LogP contribution in [0.1, 0.15) is 25.3 Å². The predicted molar refractivity (Wildman–Crippen MR) is 80.5 cm³/mol. The summed E-state index contributed by atoms with van der Waals surface area (Å²) in [6.07, 6.45) is 2.63. The van der Waals surface area contributed by atoms with Gasteiger partial charge >= 0.3 is 0 Å².